The van der Waals surface area contributed by atoms with Crippen LogP contribution in [0.5, 0.6) is 5.75 Å². The first-order chi connectivity index (χ1) is 24.7. The normalized spacial score (nSPS) is 21.4. The molecule has 0 fully saturated rings. The van der Waals surface area contributed by atoms with Crippen LogP contribution in [0.3, 0.4) is 0 Å². The van der Waals surface area contributed by atoms with Crippen molar-refractivity contribution in [3.8, 4) is 5.75 Å². The van der Waals surface area contributed by atoms with E-state index in [0.717, 1.165) is 5.56 Å². The number of hydrogen-bond acceptors (Lipinski definition) is 9. The number of carbonyl (C=O) groups excluding carboxylic acids is 6. The summed E-state index contributed by atoms with van der Waals surface area (Å²) in [5.41, 5.74) is 1.68. The van der Waals surface area contributed by atoms with Crippen molar-refractivity contribution < 1.29 is 33.5 Å². The summed E-state index contributed by atoms with van der Waals surface area (Å²) in [6.07, 6.45) is 0.354. The molecular formula is C37H47N7O7S. The van der Waals surface area contributed by atoms with E-state index in [-0.39, 0.29) is 43.6 Å². The number of rotatable bonds is 6. The van der Waals surface area contributed by atoms with Crippen molar-refractivity contribution in [3.63, 3.8) is 0 Å². The smallest absolute Gasteiger partial charge is 0.271 e. The number of methoxy groups -OCH3 is 1. The van der Waals surface area contributed by atoms with E-state index < -0.39 is 53.7 Å². The van der Waals surface area contributed by atoms with E-state index in [2.05, 4.69) is 26.3 Å². The molecule has 1 aliphatic heterocycles. The van der Waals surface area contributed by atoms with Gasteiger partial charge in [-0.2, -0.15) is 0 Å². The summed E-state index contributed by atoms with van der Waals surface area (Å²) in [7, 11) is 3.10. The number of ether oxygens (including phenoxy) is 1. The molecule has 0 spiro atoms. The third-order valence-electron chi connectivity index (χ3n) is 8.67. The highest BCUT2D eigenvalue weighted by molar-refractivity contribution is 7.09. The van der Waals surface area contributed by atoms with Crippen LogP contribution in [0.25, 0.3) is 0 Å². The van der Waals surface area contributed by atoms with Gasteiger partial charge < -0.3 is 35.8 Å². The highest BCUT2D eigenvalue weighted by Gasteiger charge is 2.31. The van der Waals surface area contributed by atoms with Gasteiger partial charge in [0.2, 0.25) is 29.5 Å². The molecule has 3 aromatic rings. The van der Waals surface area contributed by atoms with Crippen LogP contribution >= 0.6 is 11.3 Å². The molecule has 4 rings (SSSR count). The number of likely N-dealkylation sites (N-methyl/N-ethyl adjacent to an activating group) is 1. The third-order valence-corrected chi connectivity index (χ3v) is 9.63. The fourth-order valence-corrected chi connectivity index (χ4v) is 6.41. The van der Waals surface area contributed by atoms with Gasteiger partial charge in [0, 0.05) is 25.5 Å². The molecule has 278 valence electrons. The second-order valence-electron chi connectivity index (χ2n) is 13.1. The van der Waals surface area contributed by atoms with E-state index >= 15 is 0 Å². The minimum Gasteiger partial charge on any atom is -0.497 e. The Morgan fingerprint density at radius 2 is 1.58 bits per heavy atom. The molecule has 52 heavy (non-hydrogen) atoms. The van der Waals surface area contributed by atoms with Gasteiger partial charge in [0.15, 0.2) is 0 Å². The summed E-state index contributed by atoms with van der Waals surface area (Å²) in [6, 6.07) is 12.9. The first-order valence-corrected chi connectivity index (χ1v) is 18.0. The molecule has 14 nitrogen and oxygen atoms in total. The molecule has 2 heterocycles. The van der Waals surface area contributed by atoms with Gasteiger partial charge in [0.05, 0.1) is 26.1 Å². The lowest BCUT2D eigenvalue weighted by Gasteiger charge is -2.29. The van der Waals surface area contributed by atoms with Crippen LogP contribution in [0.4, 0.5) is 0 Å². The van der Waals surface area contributed by atoms with Gasteiger partial charge in [-0.15, -0.1) is 11.3 Å². The van der Waals surface area contributed by atoms with Crippen LogP contribution in [0.2, 0.25) is 0 Å². The van der Waals surface area contributed by atoms with Crippen molar-refractivity contribution in [2.24, 2.45) is 5.92 Å². The summed E-state index contributed by atoms with van der Waals surface area (Å²) in [5.74, 6) is -2.69. The monoisotopic (exact) mass is 733 g/mol. The Kier molecular flexibility index (Phi) is 13.9. The lowest BCUT2D eigenvalue weighted by Crippen LogP contribution is -2.57. The highest BCUT2D eigenvalue weighted by Crippen LogP contribution is 2.23. The predicted octanol–water partition coefficient (Wildman–Crippen LogP) is 1.86. The minimum absolute atomic E-state index is 0.000520. The third kappa shape index (κ3) is 10.8. The fourth-order valence-electron chi connectivity index (χ4n) is 5.56. The van der Waals surface area contributed by atoms with Crippen molar-refractivity contribution >= 4 is 46.8 Å². The van der Waals surface area contributed by atoms with Crippen LogP contribution in [0, 0.1) is 5.92 Å². The standard InChI is InChI=1S/C37H47N7O7S/c1-22(2)32-35(49)39-24(4)37(50)43(5)16-17-44(31(46)19-26-12-14-27(51-6)15-13-26)20-30(45)40-28(18-25-10-8-7-9-11-25)36-41-29(21-52-36)34(48)38-23(3)33(47)42-32/h7-15,21-24,28,32H,16-20H2,1-6H3,(H,38,48)(H,39,49)(H,40,45)(H,42,47)/t23-,24+,28-,32-/m0/s1. The predicted molar refractivity (Wildman–Crippen MR) is 195 cm³/mol. The number of carbonyl (C=O) groups is 6. The number of thiazole rings is 1. The Bertz CT molecular complexity index is 1730. The number of fused-ring (bicyclic) bond motifs is 2. The fraction of sp³-hybridized carbons (Fsp3) is 0.432. The second-order valence-corrected chi connectivity index (χ2v) is 14.0. The van der Waals surface area contributed by atoms with E-state index in [1.165, 1.54) is 35.0 Å². The first-order valence-electron chi connectivity index (χ1n) is 17.1. The lowest BCUT2D eigenvalue weighted by molar-refractivity contribution is -0.138. The van der Waals surface area contributed by atoms with Crippen molar-refractivity contribution in [2.75, 3.05) is 33.8 Å². The van der Waals surface area contributed by atoms with Gasteiger partial charge in [-0.25, -0.2) is 4.98 Å². The Morgan fingerprint density at radius 3 is 2.23 bits per heavy atom. The van der Waals surface area contributed by atoms with Crippen LogP contribution in [-0.4, -0.2) is 102 Å². The Labute approximate surface area is 307 Å². The minimum atomic E-state index is -1.02. The number of nitrogens with zero attached hydrogens (tertiary/aromatic N) is 3. The highest BCUT2D eigenvalue weighted by atomic mass is 32.1. The summed E-state index contributed by atoms with van der Waals surface area (Å²) in [6.45, 7) is 6.32. The molecule has 2 aromatic carbocycles. The van der Waals surface area contributed by atoms with Gasteiger partial charge in [-0.3, -0.25) is 28.8 Å². The molecular weight excluding hydrogens is 687 g/mol. The van der Waals surface area contributed by atoms with Crippen molar-refractivity contribution in [1.29, 1.82) is 0 Å². The molecule has 2 bridgehead atoms. The molecule has 0 aliphatic carbocycles. The van der Waals surface area contributed by atoms with Crippen molar-refractivity contribution in [3.05, 3.63) is 81.8 Å². The molecule has 4 N–H and O–H groups in total. The zero-order valence-corrected chi connectivity index (χ0v) is 31.1. The van der Waals surface area contributed by atoms with Crippen LogP contribution in [-0.2, 0) is 36.8 Å². The van der Waals surface area contributed by atoms with Gasteiger partial charge in [-0.1, -0.05) is 56.3 Å². The molecule has 1 aliphatic rings. The first kappa shape index (κ1) is 39.5. The SMILES string of the molecule is COc1ccc(CC(=O)N2CCN(C)C(=O)[C@@H](C)NC(=O)[C@H](C(C)C)NC(=O)[C@H](C)NC(=O)c3csc(n3)[C@H](Cc3ccccc3)NC(=O)C2)cc1. The maximum Gasteiger partial charge on any atom is 0.271 e. The van der Waals surface area contributed by atoms with Gasteiger partial charge in [0.25, 0.3) is 5.91 Å². The number of hydrogen-bond donors (Lipinski definition) is 4. The van der Waals surface area contributed by atoms with E-state index in [4.69, 9.17) is 4.74 Å². The molecule has 4 atom stereocenters. The Hall–Kier alpha value is -5.31. The quantitative estimate of drug-likeness (QED) is 0.297. The average molecular weight is 734 g/mol. The summed E-state index contributed by atoms with van der Waals surface area (Å²) < 4.78 is 5.23. The summed E-state index contributed by atoms with van der Waals surface area (Å²) >= 11 is 1.18. The van der Waals surface area contributed by atoms with Crippen molar-refractivity contribution in [2.45, 2.75) is 64.7 Å². The molecule has 6 amide bonds. The van der Waals surface area contributed by atoms with Crippen LogP contribution < -0.4 is 26.0 Å². The van der Waals surface area contributed by atoms with E-state index in [1.807, 2.05) is 30.3 Å². The van der Waals surface area contributed by atoms with Gasteiger partial charge in [0.1, 0.15) is 34.6 Å². The van der Waals surface area contributed by atoms with Crippen LogP contribution in [0.15, 0.2) is 60.0 Å². The van der Waals surface area contributed by atoms with Crippen molar-refractivity contribution in [1.82, 2.24) is 36.1 Å². The molecule has 15 heteroatoms. The maximum absolute atomic E-state index is 13.7. The molecule has 0 saturated heterocycles. The number of amides is 6. The van der Waals surface area contributed by atoms with Gasteiger partial charge >= 0.3 is 0 Å². The zero-order chi connectivity index (χ0) is 37.9. The van der Waals surface area contributed by atoms with E-state index in [9.17, 15) is 28.8 Å². The summed E-state index contributed by atoms with van der Waals surface area (Å²) in [4.78, 5) is 87.8. The maximum atomic E-state index is 13.7. The summed E-state index contributed by atoms with van der Waals surface area (Å²) in [5, 5.41) is 13.0. The average Bonchev–Trinajstić information content (AvgIpc) is 3.62. The topological polar surface area (TPSA) is 179 Å². The van der Waals surface area contributed by atoms with E-state index in [0.29, 0.717) is 22.7 Å². The molecule has 0 radical (unpaired) electrons. The zero-order valence-electron chi connectivity index (χ0n) is 30.3. The largest absolute Gasteiger partial charge is 0.497 e. The van der Waals surface area contributed by atoms with Gasteiger partial charge in [-0.05, 0) is 49.4 Å². The molecule has 0 unspecified atom stereocenters. The molecule has 1 aromatic heterocycles. The number of aromatic nitrogens is 1. The Morgan fingerprint density at radius 1 is 0.885 bits per heavy atom. The second kappa shape index (κ2) is 18.3. The van der Waals surface area contributed by atoms with Crippen LogP contribution in [0.1, 0.15) is 60.4 Å². The lowest BCUT2D eigenvalue weighted by atomic mass is 10.0. The Balaban J connectivity index is 1.66. The van der Waals surface area contributed by atoms with E-state index in [1.54, 1.807) is 57.7 Å². The number of benzene rings is 2. The number of nitrogens with one attached hydrogen (secondary N) is 4. The molecule has 0 saturated carbocycles.